The summed E-state index contributed by atoms with van der Waals surface area (Å²) in [6.07, 6.45) is 11.9. The van der Waals surface area contributed by atoms with Gasteiger partial charge in [0.2, 0.25) is 0 Å². The summed E-state index contributed by atoms with van der Waals surface area (Å²) < 4.78 is 5.56. The zero-order valence-corrected chi connectivity index (χ0v) is 14.6. The van der Waals surface area contributed by atoms with Gasteiger partial charge in [0.1, 0.15) is 0 Å². The molecule has 2 aliphatic rings. The van der Waals surface area contributed by atoms with E-state index in [9.17, 15) is 5.11 Å². The summed E-state index contributed by atoms with van der Waals surface area (Å²) in [6, 6.07) is 0. The Bertz CT molecular complexity index is 454. The molecule has 124 valence electrons. The van der Waals surface area contributed by atoms with Crippen molar-refractivity contribution in [2.75, 3.05) is 6.61 Å². The van der Waals surface area contributed by atoms with Gasteiger partial charge in [-0.25, -0.2) is 0 Å². The highest BCUT2D eigenvalue weighted by molar-refractivity contribution is 5.18. The lowest BCUT2D eigenvalue weighted by molar-refractivity contribution is -0.0976. The quantitative estimate of drug-likeness (QED) is 0.740. The second kappa shape index (κ2) is 8.12. The number of allylic oxidation sites excluding steroid dienone is 5. The molecule has 2 heteroatoms. The van der Waals surface area contributed by atoms with Gasteiger partial charge < -0.3 is 9.84 Å². The Morgan fingerprint density at radius 3 is 2.91 bits per heavy atom. The van der Waals surface area contributed by atoms with E-state index < -0.39 is 6.29 Å². The van der Waals surface area contributed by atoms with Crippen LogP contribution in [0.1, 0.15) is 59.8 Å². The standard InChI is InChI=1S/C20H32O2/c1-14(2)7-5-9-16(4)18-12-11-15(3)8-6-10-17-13-22-20(21)19(17)18/h7-8,10,16,18-21H,5-6,9,11-13H2,1-4H3/b15-8+,17-10-/t16-,18-,19+,20+/m1/s1. The maximum absolute atomic E-state index is 10.3. The summed E-state index contributed by atoms with van der Waals surface area (Å²) in [5.74, 6) is 1.31. The van der Waals surface area contributed by atoms with Gasteiger partial charge in [-0.3, -0.25) is 0 Å². The summed E-state index contributed by atoms with van der Waals surface area (Å²) in [6.45, 7) is 9.51. The smallest absolute Gasteiger partial charge is 0.161 e. The van der Waals surface area contributed by atoms with Crippen LogP contribution >= 0.6 is 0 Å². The normalized spacial score (nSPS) is 35.0. The first-order valence-electron chi connectivity index (χ1n) is 8.76. The third kappa shape index (κ3) is 4.57. The van der Waals surface area contributed by atoms with Crippen molar-refractivity contribution in [2.24, 2.45) is 17.8 Å². The maximum Gasteiger partial charge on any atom is 0.161 e. The van der Waals surface area contributed by atoms with Crippen molar-refractivity contribution in [3.05, 3.63) is 34.9 Å². The summed E-state index contributed by atoms with van der Waals surface area (Å²) >= 11 is 0. The van der Waals surface area contributed by atoms with Crippen molar-refractivity contribution in [1.29, 1.82) is 0 Å². The zero-order chi connectivity index (χ0) is 16.1. The third-order valence-electron chi connectivity index (χ3n) is 5.24. The van der Waals surface area contributed by atoms with E-state index in [0.29, 0.717) is 18.4 Å². The summed E-state index contributed by atoms with van der Waals surface area (Å²) in [5, 5.41) is 10.3. The van der Waals surface area contributed by atoms with Gasteiger partial charge in [0, 0.05) is 5.92 Å². The minimum absolute atomic E-state index is 0.195. The molecule has 0 spiro atoms. The van der Waals surface area contributed by atoms with Crippen LogP contribution in [-0.2, 0) is 4.74 Å². The van der Waals surface area contributed by atoms with Crippen molar-refractivity contribution in [1.82, 2.24) is 0 Å². The SMILES string of the molecule is CC(C)=CCC[C@@H](C)[C@H]1CC/C(C)=C/C/C=C2/CO[C@H](O)[C@@H]21. The number of ether oxygens (including phenoxy) is 1. The number of hydrogen-bond acceptors (Lipinski definition) is 2. The van der Waals surface area contributed by atoms with E-state index in [4.69, 9.17) is 4.74 Å². The number of aliphatic hydroxyl groups is 1. The molecule has 0 unspecified atom stereocenters. The average molecular weight is 304 g/mol. The van der Waals surface area contributed by atoms with E-state index in [1.54, 1.807) is 0 Å². The monoisotopic (exact) mass is 304 g/mol. The third-order valence-corrected chi connectivity index (χ3v) is 5.24. The molecule has 1 aliphatic heterocycles. The summed E-state index contributed by atoms with van der Waals surface area (Å²) in [5.41, 5.74) is 4.19. The lowest BCUT2D eigenvalue weighted by Gasteiger charge is -2.31. The predicted molar refractivity (Wildman–Crippen MR) is 92.5 cm³/mol. The molecule has 0 aromatic carbocycles. The van der Waals surface area contributed by atoms with Gasteiger partial charge in [0.15, 0.2) is 6.29 Å². The highest BCUT2D eigenvalue weighted by atomic mass is 16.6. The largest absolute Gasteiger partial charge is 0.367 e. The molecular weight excluding hydrogens is 272 g/mol. The topological polar surface area (TPSA) is 29.5 Å². The molecule has 0 amide bonds. The minimum Gasteiger partial charge on any atom is -0.367 e. The van der Waals surface area contributed by atoms with Crippen molar-refractivity contribution < 1.29 is 9.84 Å². The van der Waals surface area contributed by atoms with E-state index in [0.717, 1.165) is 25.7 Å². The molecule has 4 atom stereocenters. The van der Waals surface area contributed by atoms with E-state index in [1.165, 1.54) is 23.1 Å². The lowest BCUT2D eigenvalue weighted by Crippen LogP contribution is -2.29. The van der Waals surface area contributed by atoms with E-state index in [2.05, 4.69) is 45.9 Å². The Balaban J connectivity index is 2.13. The molecule has 0 radical (unpaired) electrons. The predicted octanol–water partition coefficient (Wildman–Crippen LogP) is 5.01. The Morgan fingerprint density at radius 1 is 1.41 bits per heavy atom. The molecule has 1 saturated heterocycles. The number of rotatable bonds is 4. The fourth-order valence-corrected chi connectivity index (χ4v) is 3.82. The molecule has 22 heavy (non-hydrogen) atoms. The van der Waals surface area contributed by atoms with Crippen LogP contribution in [0.4, 0.5) is 0 Å². The Kier molecular flexibility index (Phi) is 6.46. The Morgan fingerprint density at radius 2 is 2.18 bits per heavy atom. The van der Waals surface area contributed by atoms with Gasteiger partial charge in [-0.2, -0.15) is 0 Å². The van der Waals surface area contributed by atoms with E-state index in [-0.39, 0.29) is 5.92 Å². The van der Waals surface area contributed by atoms with Crippen LogP contribution in [0.15, 0.2) is 34.9 Å². The van der Waals surface area contributed by atoms with Gasteiger partial charge in [-0.15, -0.1) is 0 Å². The molecule has 1 heterocycles. The van der Waals surface area contributed by atoms with Crippen LogP contribution < -0.4 is 0 Å². The highest BCUT2D eigenvalue weighted by Crippen LogP contribution is 2.41. The first-order chi connectivity index (χ1) is 10.5. The molecule has 2 nitrogen and oxygen atoms in total. The fourth-order valence-electron chi connectivity index (χ4n) is 3.82. The van der Waals surface area contributed by atoms with Gasteiger partial charge in [0.25, 0.3) is 0 Å². The summed E-state index contributed by atoms with van der Waals surface area (Å²) in [4.78, 5) is 0. The van der Waals surface area contributed by atoms with Crippen molar-refractivity contribution >= 4 is 0 Å². The number of fused-ring (bicyclic) bond motifs is 1. The van der Waals surface area contributed by atoms with Crippen LogP contribution in [0.2, 0.25) is 0 Å². The molecule has 0 saturated carbocycles. The van der Waals surface area contributed by atoms with Gasteiger partial charge in [-0.05, 0) is 70.3 Å². The minimum atomic E-state index is -0.611. The first kappa shape index (κ1) is 17.5. The molecule has 1 aliphatic carbocycles. The number of aliphatic hydroxyl groups excluding tert-OH is 1. The molecule has 2 rings (SSSR count). The second-order valence-electron chi connectivity index (χ2n) is 7.33. The van der Waals surface area contributed by atoms with Crippen LogP contribution in [0, 0.1) is 17.8 Å². The first-order valence-corrected chi connectivity index (χ1v) is 8.76. The summed E-state index contributed by atoms with van der Waals surface area (Å²) in [7, 11) is 0. The molecular formula is C20H32O2. The van der Waals surface area contributed by atoms with Gasteiger partial charge in [0.05, 0.1) is 6.61 Å². The zero-order valence-electron chi connectivity index (χ0n) is 14.6. The van der Waals surface area contributed by atoms with Crippen molar-refractivity contribution in [3.8, 4) is 0 Å². The van der Waals surface area contributed by atoms with Crippen LogP contribution in [0.3, 0.4) is 0 Å². The molecule has 1 N–H and O–H groups in total. The van der Waals surface area contributed by atoms with Gasteiger partial charge >= 0.3 is 0 Å². The Hall–Kier alpha value is -0.860. The molecule has 0 aromatic rings. The van der Waals surface area contributed by atoms with Crippen LogP contribution in [0.25, 0.3) is 0 Å². The van der Waals surface area contributed by atoms with Gasteiger partial charge in [-0.1, -0.05) is 36.3 Å². The average Bonchev–Trinajstić information content (AvgIpc) is 2.83. The van der Waals surface area contributed by atoms with Crippen LogP contribution in [0.5, 0.6) is 0 Å². The number of hydrogen-bond donors (Lipinski definition) is 1. The molecule has 0 bridgehead atoms. The Labute approximate surface area is 136 Å². The van der Waals surface area contributed by atoms with E-state index >= 15 is 0 Å². The second-order valence-corrected chi connectivity index (χ2v) is 7.33. The molecule has 1 fully saturated rings. The fraction of sp³-hybridized carbons (Fsp3) is 0.700. The highest BCUT2D eigenvalue weighted by Gasteiger charge is 2.39. The van der Waals surface area contributed by atoms with E-state index in [1.807, 2.05) is 0 Å². The lowest BCUT2D eigenvalue weighted by atomic mass is 9.74. The van der Waals surface area contributed by atoms with Crippen molar-refractivity contribution in [3.63, 3.8) is 0 Å². The van der Waals surface area contributed by atoms with Crippen molar-refractivity contribution in [2.45, 2.75) is 66.1 Å². The van der Waals surface area contributed by atoms with Crippen LogP contribution in [-0.4, -0.2) is 18.0 Å². The maximum atomic E-state index is 10.3. The molecule has 0 aromatic heterocycles.